The van der Waals surface area contributed by atoms with E-state index in [0.29, 0.717) is 25.5 Å². The number of methoxy groups -OCH3 is 1. The number of likely N-dealkylation sites (N-methyl/N-ethyl adjacent to an activating group) is 1. The zero-order chi connectivity index (χ0) is 21.8. The van der Waals surface area contributed by atoms with E-state index in [1.807, 2.05) is 24.1 Å². The van der Waals surface area contributed by atoms with Crippen LogP contribution in [0.3, 0.4) is 0 Å². The lowest BCUT2D eigenvalue weighted by Gasteiger charge is -2.24. The van der Waals surface area contributed by atoms with Crippen molar-refractivity contribution in [3.05, 3.63) is 60.8 Å². The summed E-state index contributed by atoms with van der Waals surface area (Å²) in [6.45, 7) is 5.95. The third kappa shape index (κ3) is 4.11. The predicted molar refractivity (Wildman–Crippen MR) is 123 cm³/mol. The van der Waals surface area contributed by atoms with Gasteiger partial charge in [-0.3, -0.25) is 0 Å². The molecular weight excluding hydrogens is 392 g/mol. The average Bonchev–Trinajstić information content (AvgIpc) is 3.42. The number of aromatic nitrogens is 4. The number of H-pyrrole nitrogens is 1. The van der Waals surface area contributed by atoms with Crippen LogP contribution in [-0.4, -0.2) is 58.9 Å². The number of rotatable bonds is 9. The van der Waals surface area contributed by atoms with E-state index in [4.69, 9.17) is 14.7 Å². The molecule has 0 fully saturated rings. The molecule has 0 saturated heterocycles. The Morgan fingerprint density at radius 3 is 3.03 bits per heavy atom. The number of imidazole rings is 1. The normalized spacial score (nSPS) is 14.3. The Morgan fingerprint density at radius 1 is 1.39 bits per heavy atom. The van der Waals surface area contributed by atoms with Crippen LogP contribution in [0.25, 0.3) is 11.0 Å². The highest BCUT2D eigenvalue weighted by atomic mass is 16.5. The monoisotopic (exact) mass is 420 g/mol. The first-order chi connectivity index (χ1) is 15.2. The van der Waals surface area contributed by atoms with Crippen LogP contribution in [0, 0.1) is 0 Å². The molecule has 0 radical (unpaired) electrons. The highest BCUT2D eigenvalue weighted by Crippen LogP contribution is 2.39. The highest BCUT2D eigenvalue weighted by molar-refractivity contribution is 5.81. The Kier molecular flexibility index (Phi) is 6.18. The van der Waals surface area contributed by atoms with Crippen molar-refractivity contribution in [2.45, 2.75) is 18.8 Å². The maximum absolute atomic E-state index is 9.47. The van der Waals surface area contributed by atoms with Crippen LogP contribution in [0.1, 0.15) is 23.6 Å². The van der Waals surface area contributed by atoms with Crippen LogP contribution >= 0.6 is 0 Å². The molecule has 0 bridgehead atoms. The van der Waals surface area contributed by atoms with E-state index in [2.05, 4.69) is 33.6 Å². The molecule has 0 aliphatic carbocycles. The van der Waals surface area contributed by atoms with Crippen LogP contribution in [0.2, 0.25) is 0 Å². The molecule has 1 aliphatic heterocycles. The van der Waals surface area contributed by atoms with Crippen molar-refractivity contribution >= 4 is 28.5 Å². The van der Waals surface area contributed by atoms with Crippen molar-refractivity contribution in [3.63, 3.8) is 0 Å². The van der Waals surface area contributed by atoms with Gasteiger partial charge in [-0.25, -0.2) is 9.97 Å². The summed E-state index contributed by atoms with van der Waals surface area (Å²) >= 11 is 0. The number of aromatic amines is 1. The quantitative estimate of drug-likeness (QED) is 0.401. The van der Waals surface area contributed by atoms with E-state index in [0.717, 1.165) is 53.0 Å². The van der Waals surface area contributed by atoms with Crippen LogP contribution < -0.4 is 9.80 Å². The first kappa shape index (κ1) is 20.9. The fraction of sp³-hybridized carbons (Fsp3) is 0.348. The minimum atomic E-state index is -0.0670. The molecule has 162 valence electrons. The van der Waals surface area contributed by atoms with Gasteiger partial charge in [0.05, 0.1) is 35.9 Å². The number of aliphatic hydroxyl groups excluding tert-OH is 1. The van der Waals surface area contributed by atoms with E-state index in [9.17, 15) is 5.11 Å². The molecule has 0 saturated carbocycles. The second kappa shape index (κ2) is 9.18. The molecule has 8 heteroatoms. The number of hydrogen-bond donors (Lipinski definition) is 2. The summed E-state index contributed by atoms with van der Waals surface area (Å²) < 4.78 is 5.23. The number of nitrogens with zero attached hydrogens (tertiary/aromatic N) is 5. The standard InChI is InChI=1S/C23H28N6O2/c1-4-5-16(9-12-30)21-18-8-10-29(17-6-7-19-20(14-17)25-15-24-19)22(18)27-23(26-21)28(2)11-13-31-3/h4,6-7,9,12,14-16,30H,1,5,8,10-11,13H2,2-3H3,(H,24,25)/b12-9+. The SMILES string of the molecule is C=CCC(/C=C/O)c1nc(N(C)CCOC)nc2c1CCN2c1ccc2[nH]cnc2c1. The Balaban J connectivity index is 1.81. The summed E-state index contributed by atoms with van der Waals surface area (Å²) in [5.41, 5.74) is 5.01. The van der Waals surface area contributed by atoms with Crippen molar-refractivity contribution in [2.24, 2.45) is 0 Å². The Morgan fingerprint density at radius 2 is 2.26 bits per heavy atom. The number of nitrogens with one attached hydrogen (secondary N) is 1. The van der Waals surface area contributed by atoms with Gasteiger partial charge in [0.1, 0.15) is 5.82 Å². The molecule has 1 aromatic carbocycles. The van der Waals surface area contributed by atoms with Gasteiger partial charge in [-0.1, -0.05) is 6.08 Å². The number of ether oxygens (including phenoxy) is 1. The van der Waals surface area contributed by atoms with Gasteiger partial charge in [0.2, 0.25) is 5.95 Å². The van der Waals surface area contributed by atoms with Gasteiger partial charge >= 0.3 is 0 Å². The second-order valence-corrected chi connectivity index (χ2v) is 7.60. The third-order valence-electron chi connectivity index (χ3n) is 5.63. The summed E-state index contributed by atoms with van der Waals surface area (Å²) in [6.07, 6.45) is 7.93. The Labute approximate surface area is 181 Å². The third-order valence-corrected chi connectivity index (χ3v) is 5.63. The number of aliphatic hydroxyl groups is 1. The first-order valence-corrected chi connectivity index (χ1v) is 10.4. The van der Waals surface area contributed by atoms with Crippen molar-refractivity contribution in [1.29, 1.82) is 0 Å². The molecule has 4 rings (SSSR count). The summed E-state index contributed by atoms with van der Waals surface area (Å²) in [4.78, 5) is 21.6. The van der Waals surface area contributed by atoms with E-state index < -0.39 is 0 Å². The van der Waals surface area contributed by atoms with Crippen molar-refractivity contribution in [1.82, 2.24) is 19.9 Å². The molecule has 1 aliphatic rings. The van der Waals surface area contributed by atoms with Gasteiger partial charge in [-0.05, 0) is 37.1 Å². The van der Waals surface area contributed by atoms with Gasteiger partial charge in [0.15, 0.2) is 0 Å². The van der Waals surface area contributed by atoms with Crippen LogP contribution in [0.15, 0.2) is 49.5 Å². The van der Waals surface area contributed by atoms with E-state index in [1.165, 1.54) is 0 Å². The van der Waals surface area contributed by atoms with Crippen molar-refractivity contribution in [2.75, 3.05) is 43.7 Å². The number of benzene rings is 1. The first-order valence-electron chi connectivity index (χ1n) is 10.4. The summed E-state index contributed by atoms with van der Waals surface area (Å²) in [5, 5.41) is 9.47. The number of anilines is 3. The lowest BCUT2D eigenvalue weighted by atomic mass is 9.96. The molecule has 2 N–H and O–H groups in total. The van der Waals surface area contributed by atoms with Crippen LogP contribution in [0.5, 0.6) is 0 Å². The lowest BCUT2D eigenvalue weighted by Crippen LogP contribution is -2.26. The summed E-state index contributed by atoms with van der Waals surface area (Å²) in [7, 11) is 3.64. The van der Waals surface area contributed by atoms with E-state index in [-0.39, 0.29) is 5.92 Å². The van der Waals surface area contributed by atoms with E-state index in [1.54, 1.807) is 19.5 Å². The molecule has 1 atom stereocenters. The Bertz CT molecular complexity index is 1090. The molecule has 8 nitrogen and oxygen atoms in total. The smallest absolute Gasteiger partial charge is 0.227 e. The number of hydrogen-bond acceptors (Lipinski definition) is 7. The topological polar surface area (TPSA) is 90.4 Å². The van der Waals surface area contributed by atoms with Gasteiger partial charge in [0.25, 0.3) is 0 Å². The van der Waals surface area contributed by atoms with Crippen LogP contribution in [-0.2, 0) is 11.2 Å². The lowest BCUT2D eigenvalue weighted by molar-refractivity contribution is 0.206. The van der Waals surface area contributed by atoms with Crippen LogP contribution in [0.4, 0.5) is 17.5 Å². The summed E-state index contributed by atoms with van der Waals surface area (Å²) in [6, 6.07) is 6.20. The second-order valence-electron chi connectivity index (χ2n) is 7.60. The van der Waals surface area contributed by atoms with Crippen molar-refractivity contribution < 1.29 is 9.84 Å². The highest BCUT2D eigenvalue weighted by Gasteiger charge is 2.30. The summed E-state index contributed by atoms with van der Waals surface area (Å²) in [5.74, 6) is 1.47. The van der Waals surface area contributed by atoms with Crippen molar-refractivity contribution in [3.8, 4) is 0 Å². The average molecular weight is 421 g/mol. The molecular formula is C23H28N6O2. The molecule has 0 spiro atoms. The molecule has 1 unspecified atom stereocenters. The molecule has 3 heterocycles. The number of fused-ring (bicyclic) bond motifs is 2. The van der Waals surface area contributed by atoms with E-state index >= 15 is 0 Å². The van der Waals surface area contributed by atoms with Gasteiger partial charge < -0.3 is 24.6 Å². The molecule has 2 aromatic heterocycles. The molecule has 3 aromatic rings. The zero-order valence-electron chi connectivity index (χ0n) is 18.0. The Hall–Kier alpha value is -3.39. The van der Waals surface area contributed by atoms with Gasteiger partial charge in [-0.15, -0.1) is 6.58 Å². The fourth-order valence-electron chi connectivity index (χ4n) is 3.98. The largest absolute Gasteiger partial charge is 0.516 e. The fourth-order valence-corrected chi connectivity index (χ4v) is 3.98. The minimum Gasteiger partial charge on any atom is -0.516 e. The maximum Gasteiger partial charge on any atom is 0.227 e. The minimum absolute atomic E-state index is 0.0670. The maximum atomic E-state index is 9.47. The number of allylic oxidation sites excluding steroid dienone is 2. The zero-order valence-corrected chi connectivity index (χ0v) is 18.0. The predicted octanol–water partition coefficient (Wildman–Crippen LogP) is 3.86. The van der Waals surface area contributed by atoms with Gasteiger partial charge in [-0.2, -0.15) is 4.98 Å². The molecule has 31 heavy (non-hydrogen) atoms. The molecule has 0 amide bonds. The van der Waals surface area contributed by atoms with Gasteiger partial charge in [0, 0.05) is 44.4 Å².